The van der Waals surface area contributed by atoms with E-state index < -0.39 is 16.8 Å². The topological polar surface area (TPSA) is 124 Å². The highest BCUT2D eigenvalue weighted by Crippen LogP contribution is 2.16. The predicted molar refractivity (Wildman–Crippen MR) is 113 cm³/mol. The molecule has 0 radical (unpaired) electrons. The van der Waals surface area contributed by atoms with E-state index in [2.05, 4.69) is 15.5 Å². The largest absolute Gasteiger partial charge is 0.423 e. The van der Waals surface area contributed by atoms with Crippen LogP contribution in [0.4, 0.5) is 5.69 Å². The maximum atomic E-state index is 12.1. The van der Waals surface area contributed by atoms with Gasteiger partial charge in [0, 0.05) is 18.3 Å². The lowest BCUT2D eigenvalue weighted by molar-refractivity contribution is -0.384. The third kappa shape index (κ3) is 5.80. The third-order valence-corrected chi connectivity index (χ3v) is 4.25. The number of hydrazone groups is 1. The lowest BCUT2D eigenvalue weighted by Gasteiger charge is -2.04. The third-order valence-electron chi connectivity index (χ3n) is 4.25. The molecule has 0 aliphatic rings. The number of aryl methyl sites for hydroxylation is 1. The van der Waals surface area contributed by atoms with Gasteiger partial charge in [-0.2, -0.15) is 5.10 Å². The van der Waals surface area contributed by atoms with Crippen LogP contribution in [0, 0.1) is 10.1 Å². The van der Waals surface area contributed by atoms with Crippen LogP contribution in [0.25, 0.3) is 0 Å². The molecular weight excluding hydrogens is 400 g/mol. The molecule has 2 aromatic carbocycles. The molecule has 31 heavy (non-hydrogen) atoms. The van der Waals surface area contributed by atoms with Crippen LogP contribution in [0.1, 0.15) is 38.9 Å². The quantitative estimate of drug-likeness (QED) is 0.206. The maximum Gasteiger partial charge on any atom is 0.343 e. The van der Waals surface area contributed by atoms with Crippen LogP contribution in [0.5, 0.6) is 5.75 Å². The maximum absolute atomic E-state index is 12.1. The van der Waals surface area contributed by atoms with Crippen LogP contribution in [-0.4, -0.2) is 28.0 Å². The Morgan fingerprint density at radius 2 is 1.81 bits per heavy atom. The second kappa shape index (κ2) is 9.88. The molecule has 0 aliphatic heterocycles. The average molecular weight is 418 g/mol. The fourth-order valence-corrected chi connectivity index (χ4v) is 2.50. The molecule has 1 aromatic heterocycles. The van der Waals surface area contributed by atoms with E-state index in [4.69, 9.17) is 4.74 Å². The summed E-state index contributed by atoms with van der Waals surface area (Å²) < 4.78 is 5.24. The first-order valence-corrected chi connectivity index (χ1v) is 9.31. The number of esters is 1. The molecule has 0 atom stereocenters. The van der Waals surface area contributed by atoms with Crippen LogP contribution < -0.4 is 10.2 Å². The molecule has 1 N–H and O–H groups in total. The molecule has 3 aromatic rings. The first-order chi connectivity index (χ1) is 15.0. The van der Waals surface area contributed by atoms with Crippen molar-refractivity contribution in [3.8, 4) is 5.75 Å². The molecule has 0 bridgehead atoms. The molecule has 1 heterocycles. The van der Waals surface area contributed by atoms with Crippen molar-refractivity contribution in [2.45, 2.75) is 13.3 Å². The van der Waals surface area contributed by atoms with Crippen molar-refractivity contribution in [3.05, 3.63) is 99.4 Å². The van der Waals surface area contributed by atoms with Crippen molar-refractivity contribution in [1.29, 1.82) is 0 Å². The van der Waals surface area contributed by atoms with Gasteiger partial charge >= 0.3 is 5.97 Å². The zero-order valence-corrected chi connectivity index (χ0v) is 16.5. The molecule has 9 heteroatoms. The van der Waals surface area contributed by atoms with Crippen LogP contribution in [0.15, 0.2) is 72.0 Å². The van der Waals surface area contributed by atoms with Crippen LogP contribution in [0.3, 0.4) is 0 Å². The average Bonchev–Trinajstić information content (AvgIpc) is 2.80. The van der Waals surface area contributed by atoms with Crippen molar-refractivity contribution in [2.75, 3.05) is 0 Å². The van der Waals surface area contributed by atoms with E-state index in [-0.39, 0.29) is 16.9 Å². The van der Waals surface area contributed by atoms with E-state index in [0.717, 1.165) is 12.0 Å². The van der Waals surface area contributed by atoms with E-state index in [1.807, 2.05) is 13.0 Å². The Kier molecular flexibility index (Phi) is 6.79. The van der Waals surface area contributed by atoms with E-state index in [1.165, 1.54) is 30.5 Å². The van der Waals surface area contributed by atoms with Crippen molar-refractivity contribution in [1.82, 2.24) is 10.4 Å². The summed E-state index contributed by atoms with van der Waals surface area (Å²) in [5.41, 5.74) is 4.46. The number of nitrogens with one attached hydrogen (secondary N) is 1. The number of rotatable bonds is 7. The fourth-order valence-electron chi connectivity index (χ4n) is 2.50. The fraction of sp³-hybridized carbons (Fsp3) is 0.0909. The first-order valence-electron chi connectivity index (χ1n) is 9.31. The summed E-state index contributed by atoms with van der Waals surface area (Å²) in [6.45, 7) is 2.00. The standard InChI is InChI=1S/C22H18N4O5/c1-2-15-5-12-20(23-13-15)21(27)25-24-14-16-3-10-19(11-4-16)31-22(28)17-6-8-18(9-7-17)26(29)30/h3-14H,2H2,1H3,(H,25,27). The van der Waals surface area contributed by atoms with Crippen LogP contribution in [0.2, 0.25) is 0 Å². The summed E-state index contributed by atoms with van der Waals surface area (Å²) in [5.74, 6) is -0.762. The van der Waals surface area contributed by atoms with Gasteiger partial charge in [0.25, 0.3) is 11.6 Å². The van der Waals surface area contributed by atoms with Gasteiger partial charge in [0.05, 0.1) is 16.7 Å². The van der Waals surface area contributed by atoms with Crippen molar-refractivity contribution in [3.63, 3.8) is 0 Å². The Hall–Kier alpha value is -4.40. The van der Waals surface area contributed by atoms with Crippen molar-refractivity contribution < 1.29 is 19.2 Å². The number of aromatic nitrogens is 1. The van der Waals surface area contributed by atoms with Crippen LogP contribution in [-0.2, 0) is 6.42 Å². The molecule has 0 unspecified atom stereocenters. The van der Waals surface area contributed by atoms with E-state index in [9.17, 15) is 19.7 Å². The lowest BCUT2D eigenvalue weighted by Crippen LogP contribution is -2.18. The van der Waals surface area contributed by atoms with Gasteiger partial charge in [-0.15, -0.1) is 0 Å². The van der Waals surface area contributed by atoms with Gasteiger partial charge in [-0.25, -0.2) is 10.2 Å². The van der Waals surface area contributed by atoms with Gasteiger partial charge < -0.3 is 4.74 Å². The van der Waals surface area contributed by atoms with Gasteiger partial charge in [-0.1, -0.05) is 13.0 Å². The minimum atomic E-state index is -0.634. The van der Waals surface area contributed by atoms with Crippen LogP contribution >= 0.6 is 0 Å². The summed E-state index contributed by atoms with van der Waals surface area (Å²) in [5, 5.41) is 14.6. The summed E-state index contributed by atoms with van der Waals surface area (Å²) >= 11 is 0. The number of ether oxygens (including phenoxy) is 1. The smallest absolute Gasteiger partial charge is 0.343 e. The summed E-state index contributed by atoms with van der Waals surface area (Å²) in [4.78, 5) is 38.4. The number of non-ortho nitro benzene ring substituents is 1. The Morgan fingerprint density at radius 1 is 1.10 bits per heavy atom. The highest BCUT2D eigenvalue weighted by Gasteiger charge is 2.11. The molecule has 0 saturated carbocycles. The number of nitrogens with zero attached hydrogens (tertiary/aromatic N) is 3. The van der Waals surface area contributed by atoms with Gasteiger partial charge in [-0.05, 0) is 60.0 Å². The number of carbonyl (C=O) groups excluding carboxylic acids is 2. The predicted octanol–water partition coefficient (Wildman–Crippen LogP) is 3.54. The van der Waals surface area contributed by atoms with Gasteiger partial charge in [-0.3, -0.25) is 19.9 Å². The van der Waals surface area contributed by atoms with E-state index in [1.54, 1.807) is 36.5 Å². The van der Waals surface area contributed by atoms with Crippen molar-refractivity contribution in [2.24, 2.45) is 5.10 Å². The van der Waals surface area contributed by atoms with Gasteiger partial charge in [0.15, 0.2) is 0 Å². The number of hydrogen-bond acceptors (Lipinski definition) is 7. The van der Waals surface area contributed by atoms with E-state index in [0.29, 0.717) is 11.3 Å². The molecule has 1 amide bonds. The highest BCUT2D eigenvalue weighted by atomic mass is 16.6. The minimum Gasteiger partial charge on any atom is -0.423 e. The Bertz CT molecular complexity index is 1110. The monoisotopic (exact) mass is 418 g/mol. The highest BCUT2D eigenvalue weighted by molar-refractivity contribution is 5.93. The van der Waals surface area contributed by atoms with Gasteiger partial charge in [0.1, 0.15) is 11.4 Å². The Morgan fingerprint density at radius 3 is 2.39 bits per heavy atom. The molecule has 0 fully saturated rings. The second-order valence-electron chi connectivity index (χ2n) is 6.37. The molecule has 3 rings (SSSR count). The SMILES string of the molecule is CCc1ccc(C(=O)NN=Cc2ccc(OC(=O)c3ccc([N+](=O)[O-])cc3)cc2)nc1. The second-order valence-corrected chi connectivity index (χ2v) is 6.37. The summed E-state index contributed by atoms with van der Waals surface area (Å²) in [6.07, 6.45) is 3.93. The first kappa shape index (κ1) is 21.3. The molecule has 0 aliphatic carbocycles. The molecule has 9 nitrogen and oxygen atoms in total. The lowest BCUT2D eigenvalue weighted by atomic mass is 10.2. The summed E-state index contributed by atoms with van der Waals surface area (Å²) in [7, 11) is 0. The number of benzene rings is 2. The minimum absolute atomic E-state index is 0.110. The molecule has 156 valence electrons. The zero-order valence-electron chi connectivity index (χ0n) is 16.5. The van der Waals surface area contributed by atoms with Crippen molar-refractivity contribution >= 4 is 23.8 Å². The normalized spacial score (nSPS) is 10.6. The van der Waals surface area contributed by atoms with Gasteiger partial charge in [0.2, 0.25) is 0 Å². The number of hydrogen-bond donors (Lipinski definition) is 1. The zero-order chi connectivity index (χ0) is 22.2. The molecular formula is C22H18N4O5. The molecule has 0 saturated heterocycles. The number of nitro groups is 1. The number of pyridine rings is 1. The van der Waals surface area contributed by atoms with E-state index >= 15 is 0 Å². The number of carbonyl (C=O) groups is 2. The Balaban J connectivity index is 1.54. The summed E-state index contributed by atoms with van der Waals surface area (Å²) in [6, 6.07) is 15.0. The number of amides is 1. The number of nitro benzene ring substituents is 1. The Labute approximate surface area is 177 Å². The molecule has 0 spiro atoms.